The van der Waals surface area contributed by atoms with Crippen molar-refractivity contribution in [1.29, 1.82) is 0 Å². The third kappa shape index (κ3) is 3.61. The molecule has 0 N–H and O–H groups in total. The van der Waals surface area contributed by atoms with E-state index >= 15 is 0 Å². The molecule has 0 aromatic heterocycles. The molecule has 0 unspecified atom stereocenters. The zero-order valence-corrected chi connectivity index (χ0v) is 13.1. The van der Waals surface area contributed by atoms with E-state index in [0.717, 1.165) is 15.7 Å². The maximum atomic E-state index is 5.58. The summed E-state index contributed by atoms with van der Waals surface area (Å²) in [5.41, 5.74) is 1.86. The lowest BCUT2D eigenvalue weighted by Crippen LogP contribution is -1.97. The summed E-state index contributed by atoms with van der Waals surface area (Å²) in [5, 5.41) is 0. The molecule has 0 saturated heterocycles. The van der Waals surface area contributed by atoms with Crippen LogP contribution in [0.3, 0.4) is 0 Å². The van der Waals surface area contributed by atoms with E-state index in [1.807, 2.05) is 55.6 Å². The smallest absolute Gasteiger partial charge is 0.174 e. The molecular weight excluding hydrogens is 318 g/mol. The van der Waals surface area contributed by atoms with Crippen LogP contribution in [0.2, 0.25) is 0 Å². The molecule has 2 aromatic carbocycles. The van der Waals surface area contributed by atoms with E-state index in [1.54, 1.807) is 7.11 Å². The normalized spacial score (nSPS) is 10.8. The Kier molecular flexibility index (Phi) is 5.18. The summed E-state index contributed by atoms with van der Waals surface area (Å²) in [6.45, 7) is 2.53. The lowest BCUT2D eigenvalue weighted by Gasteiger charge is -2.11. The van der Waals surface area contributed by atoms with Gasteiger partial charge in [0.1, 0.15) is 0 Å². The molecule has 2 rings (SSSR count). The summed E-state index contributed by atoms with van der Waals surface area (Å²) in [6.07, 6.45) is 1.81. The Balaban J connectivity index is 2.31. The molecule has 0 amide bonds. The largest absolute Gasteiger partial charge is 0.492 e. The molecule has 4 heteroatoms. The molecule has 0 aliphatic carbocycles. The predicted molar refractivity (Wildman–Crippen MR) is 85.6 cm³/mol. The van der Waals surface area contributed by atoms with Crippen LogP contribution in [0.15, 0.2) is 51.9 Å². The van der Waals surface area contributed by atoms with Gasteiger partial charge in [-0.15, -0.1) is 0 Å². The van der Waals surface area contributed by atoms with Gasteiger partial charge in [-0.1, -0.05) is 18.2 Å². The van der Waals surface area contributed by atoms with Crippen LogP contribution in [0.25, 0.3) is 0 Å². The Morgan fingerprint density at radius 1 is 1.20 bits per heavy atom. The molecule has 0 fully saturated rings. The van der Waals surface area contributed by atoms with Crippen molar-refractivity contribution < 1.29 is 9.47 Å². The second kappa shape index (κ2) is 7.10. The SMILES string of the molecule is CCOc1cc(C=Nc2ccccc2)cc(Br)c1OC. The first-order chi connectivity index (χ1) is 9.74. The minimum atomic E-state index is 0.585. The molecule has 0 bridgehead atoms. The molecule has 3 nitrogen and oxygen atoms in total. The van der Waals surface area contributed by atoms with Gasteiger partial charge in [0.05, 0.1) is 23.9 Å². The quantitative estimate of drug-likeness (QED) is 0.748. The summed E-state index contributed by atoms with van der Waals surface area (Å²) in [4.78, 5) is 4.43. The van der Waals surface area contributed by atoms with Gasteiger partial charge in [0.25, 0.3) is 0 Å². The van der Waals surface area contributed by atoms with Crippen molar-refractivity contribution >= 4 is 27.8 Å². The van der Waals surface area contributed by atoms with Crippen molar-refractivity contribution in [3.05, 3.63) is 52.5 Å². The third-order valence-corrected chi connectivity index (χ3v) is 3.24. The van der Waals surface area contributed by atoms with Crippen molar-refractivity contribution in [2.75, 3.05) is 13.7 Å². The first kappa shape index (κ1) is 14.6. The maximum Gasteiger partial charge on any atom is 0.174 e. The van der Waals surface area contributed by atoms with Crippen LogP contribution < -0.4 is 9.47 Å². The van der Waals surface area contributed by atoms with Crippen molar-refractivity contribution in [3.63, 3.8) is 0 Å². The molecule has 0 heterocycles. The fourth-order valence-electron chi connectivity index (χ4n) is 1.79. The first-order valence-corrected chi connectivity index (χ1v) is 7.13. The highest BCUT2D eigenvalue weighted by Crippen LogP contribution is 2.36. The summed E-state index contributed by atoms with van der Waals surface area (Å²) < 4.78 is 11.8. The van der Waals surface area contributed by atoms with Crippen molar-refractivity contribution in [2.24, 2.45) is 4.99 Å². The molecule has 20 heavy (non-hydrogen) atoms. The fourth-order valence-corrected chi connectivity index (χ4v) is 2.41. The molecule has 0 spiro atoms. The average Bonchev–Trinajstić information content (AvgIpc) is 2.46. The molecule has 2 aromatic rings. The first-order valence-electron chi connectivity index (χ1n) is 6.34. The van der Waals surface area contributed by atoms with Crippen LogP contribution in [-0.2, 0) is 0 Å². The predicted octanol–water partition coefficient (Wildman–Crippen LogP) is 4.61. The van der Waals surface area contributed by atoms with Gasteiger partial charge < -0.3 is 9.47 Å². The lowest BCUT2D eigenvalue weighted by atomic mass is 10.2. The van der Waals surface area contributed by atoms with E-state index in [2.05, 4.69) is 20.9 Å². The van der Waals surface area contributed by atoms with Gasteiger partial charge in [-0.2, -0.15) is 0 Å². The topological polar surface area (TPSA) is 30.8 Å². The minimum absolute atomic E-state index is 0.585. The van der Waals surface area contributed by atoms with Crippen LogP contribution >= 0.6 is 15.9 Å². The van der Waals surface area contributed by atoms with E-state index < -0.39 is 0 Å². The number of hydrogen-bond donors (Lipinski definition) is 0. The molecule has 0 aliphatic heterocycles. The zero-order valence-electron chi connectivity index (χ0n) is 11.5. The number of nitrogens with zero attached hydrogens (tertiary/aromatic N) is 1. The van der Waals surface area contributed by atoms with Gasteiger partial charge in [0.15, 0.2) is 11.5 Å². The second-order valence-corrected chi connectivity index (χ2v) is 4.92. The summed E-state index contributed by atoms with van der Waals surface area (Å²) >= 11 is 3.49. The number of rotatable bonds is 5. The fraction of sp³-hybridized carbons (Fsp3) is 0.188. The molecule has 0 atom stereocenters. The highest BCUT2D eigenvalue weighted by Gasteiger charge is 2.10. The van der Waals surface area contributed by atoms with Crippen molar-refractivity contribution in [3.8, 4) is 11.5 Å². The van der Waals surface area contributed by atoms with Crippen LogP contribution in [-0.4, -0.2) is 19.9 Å². The minimum Gasteiger partial charge on any atom is -0.492 e. The van der Waals surface area contributed by atoms with E-state index in [4.69, 9.17) is 9.47 Å². The van der Waals surface area contributed by atoms with Gasteiger partial charge in [-0.25, -0.2) is 0 Å². The molecule has 0 aliphatic rings. The monoisotopic (exact) mass is 333 g/mol. The van der Waals surface area contributed by atoms with Crippen molar-refractivity contribution in [2.45, 2.75) is 6.92 Å². The lowest BCUT2D eigenvalue weighted by molar-refractivity contribution is 0.310. The average molecular weight is 334 g/mol. The van der Waals surface area contributed by atoms with E-state index in [1.165, 1.54) is 0 Å². The number of methoxy groups -OCH3 is 1. The van der Waals surface area contributed by atoms with Gasteiger partial charge in [0, 0.05) is 6.21 Å². The highest BCUT2D eigenvalue weighted by molar-refractivity contribution is 9.10. The number of aliphatic imine (C=N–C) groups is 1. The van der Waals surface area contributed by atoms with Gasteiger partial charge in [0.2, 0.25) is 0 Å². The van der Waals surface area contributed by atoms with Crippen LogP contribution in [0, 0.1) is 0 Å². The zero-order chi connectivity index (χ0) is 14.4. The van der Waals surface area contributed by atoms with E-state index in [-0.39, 0.29) is 0 Å². The van der Waals surface area contributed by atoms with Crippen LogP contribution in [0.1, 0.15) is 12.5 Å². The van der Waals surface area contributed by atoms with E-state index in [9.17, 15) is 0 Å². The second-order valence-electron chi connectivity index (χ2n) is 4.06. The number of halogens is 1. The number of benzene rings is 2. The standard InChI is InChI=1S/C16H16BrNO2/c1-3-20-15-10-12(9-14(17)16(15)19-2)11-18-13-7-5-4-6-8-13/h4-11H,3H2,1-2H3. The summed E-state index contributed by atoms with van der Waals surface area (Å²) in [6, 6.07) is 13.7. The Bertz CT molecular complexity index is 597. The third-order valence-electron chi connectivity index (χ3n) is 2.65. The summed E-state index contributed by atoms with van der Waals surface area (Å²) in [7, 11) is 1.63. The summed E-state index contributed by atoms with van der Waals surface area (Å²) in [5.74, 6) is 1.41. The van der Waals surface area contributed by atoms with Crippen LogP contribution in [0.5, 0.6) is 11.5 Å². The number of para-hydroxylation sites is 1. The molecular formula is C16H16BrNO2. The van der Waals surface area contributed by atoms with Crippen LogP contribution in [0.4, 0.5) is 5.69 Å². The van der Waals surface area contributed by atoms with E-state index in [0.29, 0.717) is 18.1 Å². The molecule has 0 radical (unpaired) electrons. The molecule has 104 valence electrons. The Morgan fingerprint density at radius 2 is 1.95 bits per heavy atom. The Morgan fingerprint density at radius 3 is 2.60 bits per heavy atom. The molecule has 0 saturated carbocycles. The maximum absolute atomic E-state index is 5.58. The Hall–Kier alpha value is -1.81. The highest BCUT2D eigenvalue weighted by atomic mass is 79.9. The van der Waals surface area contributed by atoms with Gasteiger partial charge in [-0.3, -0.25) is 4.99 Å². The van der Waals surface area contributed by atoms with Crippen molar-refractivity contribution in [1.82, 2.24) is 0 Å². The number of ether oxygens (including phenoxy) is 2. The number of hydrogen-bond acceptors (Lipinski definition) is 3. The Labute approximate surface area is 127 Å². The van der Waals surface area contributed by atoms with Gasteiger partial charge in [-0.05, 0) is 52.7 Å². The van der Waals surface area contributed by atoms with Gasteiger partial charge >= 0.3 is 0 Å².